The highest BCUT2D eigenvalue weighted by atomic mass is 35.5. The Bertz CT molecular complexity index is 943. The van der Waals surface area contributed by atoms with Gasteiger partial charge < -0.3 is 15.1 Å². The van der Waals surface area contributed by atoms with Crippen LogP contribution in [0.25, 0.3) is 0 Å². The van der Waals surface area contributed by atoms with Gasteiger partial charge in [0.05, 0.1) is 23.5 Å². The standard InChI is InChI=1S/C18H13Cl2N3O3/c19-12-3-4-14(20)15(9-12)23-17(24)11-5-6-21-16(8-11)18(25)22-10-13-2-1-7-26-13/h1-9H,10H2,(H,22,25)(H,23,24). The molecule has 2 aromatic heterocycles. The quantitative estimate of drug-likeness (QED) is 0.685. The van der Waals surface area contributed by atoms with Crippen LogP contribution in [0.1, 0.15) is 26.6 Å². The monoisotopic (exact) mass is 389 g/mol. The van der Waals surface area contributed by atoms with Gasteiger partial charge in [0.15, 0.2) is 0 Å². The number of aromatic nitrogens is 1. The fourth-order valence-corrected chi connectivity index (χ4v) is 2.49. The lowest BCUT2D eigenvalue weighted by Crippen LogP contribution is -2.24. The molecule has 2 heterocycles. The first kappa shape index (κ1) is 18.0. The number of hydrogen-bond acceptors (Lipinski definition) is 4. The molecule has 132 valence electrons. The number of benzene rings is 1. The molecule has 0 fully saturated rings. The van der Waals surface area contributed by atoms with E-state index in [0.29, 0.717) is 21.5 Å². The molecule has 2 N–H and O–H groups in total. The van der Waals surface area contributed by atoms with Crippen molar-refractivity contribution in [3.05, 3.63) is 82.0 Å². The van der Waals surface area contributed by atoms with Crippen LogP contribution in [0.4, 0.5) is 5.69 Å². The van der Waals surface area contributed by atoms with E-state index in [1.807, 2.05) is 0 Å². The first-order chi connectivity index (χ1) is 12.5. The van der Waals surface area contributed by atoms with Gasteiger partial charge in [-0.3, -0.25) is 14.6 Å². The fraction of sp³-hybridized carbons (Fsp3) is 0.0556. The highest BCUT2D eigenvalue weighted by Gasteiger charge is 2.13. The van der Waals surface area contributed by atoms with Crippen LogP contribution in [0.5, 0.6) is 0 Å². The van der Waals surface area contributed by atoms with Crippen molar-refractivity contribution in [2.45, 2.75) is 6.54 Å². The molecule has 0 aliphatic carbocycles. The number of carbonyl (C=O) groups is 2. The van der Waals surface area contributed by atoms with Gasteiger partial charge in [0, 0.05) is 16.8 Å². The summed E-state index contributed by atoms with van der Waals surface area (Å²) in [4.78, 5) is 28.6. The van der Waals surface area contributed by atoms with E-state index in [9.17, 15) is 9.59 Å². The van der Waals surface area contributed by atoms with Crippen molar-refractivity contribution < 1.29 is 14.0 Å². The van der Waals surface area contributed by atoms with Crippen molar-refractivity contribution in [1.29, 1.82) is 0 Å². The third-order valence-corrected chi connectivity index (χ3v) is 4.00. The summed E-state index contributed by atoms with van der Waals surface area (Å²) in [5, 5.41) is 6.12. The van der Waals surface area contributed by atoms with E-state index in [1.54, 1.807) is 30.3 Å². The molecule has 0 aliphatic heterocycles. The molecule has 3 rings (SSSR count). The Morgan fingerprint density at radius 2 is 1.92 bits per heavy atom. The lowest BCUT2D eigenvalue weighted by Gasteiger charge is -2.09. The molecule has 3 aromatic rings. The molecule has 8 heteroatoms. The molecule has 0 radical (unpaired) electrons. The zero-order valence-electron chi connectivity index (χ0n) is 13.3. The lowest BCUT2D eigenvalue weighted by atomic mass is 10.2. The summed E-state index contributed by atoms with van der Waals surface area (Å²) in [7, 11) is 0. The van der Waals surface area contributed by atoms with Crippen molar-refractivity contribution in [3.63, 3.8) is 0 Å². The zero-order valence-corrected chi connectivity index (χ0v) is 14.8. The summed E-state index contributed by atoms with van der Waals surface area (Å²) in [6.07, 6.45) is 2.90. The van der Waals surface area contributed by atoms with Crippen molar-refractivity contribution in [3.8, 4) is 0 Å². The minimum atomic E-state index is -0.434. The Balaban J connectivity index is 1.70. The second-order valence-electron chi connectivity index (χ2n) is 5.27. The molecule has 0 aliphatic rings. The Morgan fingerprint density at radius 3 is 2.69 bits per heavy atom. The molecular formula is C18H13Cl2N3O3. The van der Waals surface area contributed by atoms with Crippen LogP contribution < -0.4 is 10.6 Å². The topological polar surface area (TPSA) is 84.2 Å². The van der Waals surface area contributed by atoms with Gasteiger partial charge in [-0.05, 0) is 42.5 Å². The van der Waals surface area contributed by atoms with Crippen LogP contribution in [-0.4, -0.2) is 16.8 Å². The molecule has 0 unspecified atom stereocenters. The molecule has 0 bridgehead atoms. The molecular weight excluding hydrogens is 377 g/mol. The highest BCUT2D eigenvalue weighted by molar-refractivity contribution is 6.35. The van der Waals surface area contributed by atoms with Crippen LogP contribution in [0.2, 0.25) is 10.0 Å². The molecule has 0 atom stereocenters. The molecule has 0 saturated heterocycles. The highest BCUT2D eigenvalue weighted by Crippen LogP contribution is 2.25. The van der Waals surface area contributed by atoms with E-state index in [1.165, 1.54) is 24.6 Å². The Kier molecular flexibility index (Phi) is 5.55. The predicted molar refractivity (Wildman–Crippen MR) is 98.5 cm³/mol. The average Bonchev–Trinajstić information content (AvgIpc) is 3.16. The normalized spacial score (nSPS) is 10.4. The third kappa shape index (κ3) is 4.41. The van der Waals surface area contributed by atoms with Gasteiger partial charge in [-0.25, -0.2) is 0 Å². The Hall–Kier alpha value is -2.83. The van der Waals surface area contributed by atoms with Crippen LogP contribution in [0.15, 0.2) is 59.3 Å². The van der Waals surface area contributed by atoms with Gasteiger partial charge >= 0.3 is 0 Å². The number of anilines is 1. The fourth-order valence-electron chi connectivity index (χ4n) is 2.15. The maximum Gasteiger partial charge on any atom is 0.270 e. The molecule has 0 spiro atoms. The van der Waals surface area contributed by atoms with Crippen molar-refractivity contribution in [2.75, 3.05) is 5.32 Å². The maximum atomic E-state index is 12.4. The summed E-state index contributed by atoms with van der Waals surface area (Å²) < 4.78 is 5.15. The molecule has 2 amide bonds. The minimum Gasteiger partial charge on any atom is -0.467 e. The molecule has 1 aromatic carbocycles. The predicted octanol–water partition coefficient (Wildman–Crippen LogP) is 4.16. The molecule has 6 nitrogen and oxygen atoms in total. The Labute approximate surface area is 159 Å². The van der Waals surface area contributed by atoms with Gasteiger partial charge in [-0.15, -0.1) is 0 Å². The number of furan rings is 1. The zero-order chi connectivity index (χ0) is 18.5. The summed E-state index contributed by atoms with van der Waals surface area (Å²) in [5.41, 5.74) is 0.755. The maximum absolute atomic E-state index is 12.4. The minimum absolute atomic E-state index is 0.112. The summed E-state index contributed by atoms with van der Waals surface area (Å²) in [6, 6.07) is 11.1. The van der Waals surface area contributed by atoms with Gasteiger partial charge in [-0.1, -0.05) is 23.2 Å². The first-order valence-corrected chi connectivity index (χ1v) is 8.31. The third-order valence-electron chi connectivity index (χ3n) is 3.43. The average molecular weight is 390 g/mol. The number of pyridine rings is 1. The summed E-state index contributed by atoms with van der Waals surface area (Å²) in [5.74, 6) is -0.240. The summed E-state index contributed by atoms with van der Waals surface area (Å²) in [6.45, 7) is 0.224. The molecule has 0 saturated carbocycles. The smallest absolute Gasteiger partial charge is 0.270 e. The van der Waals surface area contributed by atoms with E-state index in [-0.39, 0.29) is 17.8 Å². The number of amides is 2. The van der Waals surface area contributed by atoms with E-state index in [4.69, 9.17) is 27.6 Å². The lowest BCUT2D eigenvalue weighted by molar-refractivity contribution is 0.0943. The van der Waals surface area contributed by atoms with Gasteiger partial charge in [0.1, 0.15) is 11.5 Å². The number of nitrogens with zero attached hydrogens (tertiary/aromatic N) is 1. The Morgan fingerprint density at radius 1 is 1.08 bits per heavy atom. The van der Waals surface area contributed by atoms with Crippen LogP contribution in [0, 0.1) is 0 Å². The van der Waals surface area contributed by atoms with Gasteiger partial charge in [-0.2, -0.15) is 0 Å². The molecule has 26 heavy (non-hydrogen) atoms. The second kappa shape index (κ2) is 8.03. The first-order valence-electron chi connectivity index (χ1n) is 7.56. The number of carbonyl (C=O) groups excluding carboxylic acids is 2. The van der Waals surface area contributed by atoms with Gasteiger partial charge in [0.2, 0.25) is 0 Å². The SMILES string of the molecule is O=C(Nc1cc(Cl)ccc1Cl)c1ccnc(C(=O)NCc2ccco2)c1. The van der Waals surface area contributed by atoms with E-state index in [0.717, 1.165) is 0 Å². The van der Waals surface area contributed by atoms with Crippen LogP contribution in [0.3, 0.4) is 0 Å². The van der Waals surface area contributed by atoms with Crippen molar-refractivity contribution in [1.82, 2.24) is 10.3 Å². The van der Waals surface area contributed by atoms with Crippen molar-refractivity contribution >= 4 is 40.7 Å². The summed E-state index contributed by atoms with van der Waals surface area (Å²) >= 11 is 12.0. The number of hydrogen-bond donors (Lipinski definition) is 2. The van der Waals surface area contributed by atoms with Crippen LogP contribution >= 0.6 is 23.2 Å². The van der Waals surface area contributed by atoms with Gasteiger partial charge in [0.25, 0.3) is 11.8 Å². The number of halogens is 2. The number of nitrogens with one attached hydrogen (secondary N) is 2. The largest absolute Gasteiger partial charge is 0.467 e. The van der Waals surface area contributed by atoms with E-state index >= 15 is 0 Å². The van der Waals surface area contributed by atoms with E-state index in [2.05, 4.69) is 15.6 Å². The number of rotatable bonds is 5. The van der Waals surface area contributed by atoms with Crippen LogP contribution in [-0.2, 0) is 6.54 Å². The van der Waals surface area contributed by atoms with E-state index < -0.39 is 11.8 Å². The van der Waals surface area contributed by atoms with Crippen molar-refractivity contribution in [2.24, 2.45) is 0 Å². The second-order valence-corrected chi connectivity index (χ2v) is 6.11.